The van der Waals surface area contributed by atoms with Gasteiger partial charge < -0.3 is 14.5 Å². The van der Waals surface area contributed by atoms with E-state index in [9.17, 15) is 9.18 Å². The Bertz CT molecular complexity index is 736. The van der Waals surface area contributed by atoms with E-state index in [4.69, 9.17) is 4.74 Å². The van der Waals surface area contributed by atoms with Gasteiger partial charge in [-0.05, 0) is 51.2 Å². The topological polar surface area (TPSA) is 58.6 Å². The molecule has 25 heavy (non-hydrogen) atoms. The second kappa shape index (κ2) is 7.57. The minimum atomic E-state index is -0.326. The summed E-state index contributed by atoms with van der Waals surface area (Å²) < 4.78 is 18.6. The zero-order chi connectivity index (χ0) is 17.8. The van der Waals surface area contributed by atoms with Crippen LogP contribution in [0, 0.1) is 5.82 Å². The highest BCUT2D eigenvalue weighted by atomic mass is 19.1. The maximum atomic E-state index is 13.0. The second-order valence-corrected chi connectivity index (χ2v) is 6.32. The standard InChI is InChI=1S/C18H21FN4O2/c1-22(2)12-18(24)23-9-3-4-16(23)15-10-20-11-17(21-15)25-14-7-5-13(19)6-8-14/h5-8,10-11,16H,3-4,9,12H2,1-2H3. The number of carbonyl (C=O) groups is 1. The number of likely N-dealkylation sites (N-methyl/N-ethyl adjacent to an activating group) is 1. The van der Waals surface area contributed by atoms with Crippen molar-refractivity contribution < 1.29 is 13.9 Å². The maximum Gasteiger partial charge on any atom is 0.238 e. The first kappa shape index (κ1) is 17.3. The van der Waals surface area contributed by atoms with E-state index in [1.807, 2.05) is 23.9 Å². The highest BCUT2D eigenvalue weighted by Gasteiger charge is 2.31. The molecule has 0 bridgehead atoms. The number of nitrogens with zero attached hydrogens (tertiary/aromatic N) is 4. The minimum absolute atomic E-state index is 0.0826. The van der Waals surface area contributed by atoms with Crippen LogP contribution in [0.15, 0.2) is 36.7 Å². The average molecular weight is 344 g/mol. The Hall–Kier alpha value is -2.54. The highest BCUT2D eigenvalue weighted by molar-refractivity contribution is 5.79. The molecule has 7 heteroatoms. The van der Waals surface area contributed by atoms with Gasteiger partial charge >= 0.3 is 0 Å². The molecule has 0 radical (unpaired) electrons. The summed E-state index contributed by atoms with van der Waals surface area (Å²) in [6, 6.07) is 5.63. The number of amides is 1. The number of ether oxygens (including phenoxy) is 1. The van der Waals surface area contributed by atoms with Gasteiger partial charge in [-0.15, -0.1) is 0 Å². The van der Waals surface area contributed by atoms with Crippen LogP contribution >= 0.6 is 0 Å². The van der Waals surface area contributed by atoms with Crippen LogP contribution in [-0.2, 0) is 4.79 Å². The van der Waals surface area contributed by atoms with Crippen molar-refractivity contribution in [2.75, 3.05) is 27.2 Å². The summed E-state index contributed by atoms with van der Waals surface area (Å²) in [5, 5.41) is 0. The molecule has 3 rings (SSSR count). The smallest absolute Gasteiger partial charge is 0.238 e. The molecule has 132 valence electrons. The molecule has 0 saturated carbocycles. The molecule has 1 saturated heterocycles. The van der Waals surface area contributed by atoms with E-state index in [-0.39, 0.29) is 17.8 Å². The first-order valence-corrected chi connectivity index (χ1v) is 8.22. The molecule has 0 N–H and O–H groups in total. The first-order chi connectivity index (χ1) is 12.0. The number of rotatable bonds is 5. The van der Waals surface area contributed by atoms with Crippen LogP contribution in [0.2, 0.25) is 0 Å². The third-order valence-corrected chi connectivity index (χ3v) is 4.03. The lowest BCUT2D eigenvalue weighted by Crippen LogP contribution is -2.37. The number of halogens is 1. The third kappa shape index (κ3) is 4.30. The zero-order valence-electron chi connectivity index (χ0n) is 14.4. The van der Waals surface area contributed by atoms with E-state index in [2.05, 4.69) is 9.97 Å². The Labute approximate surface area is 146 Å². The molecule has 1 fully saturated rings. The van der Waals surface area contributed by atoms with Crippen molar-refractivity contribution >= 4 is 5.91 Å². The van der Waals surface area contributed by atoms with Crippen LogP contribution in [0.3, 0.4) is 0 Å². The average Bonchev–Trinajstić information content (AvgIpc) is 3.06. The molecule has 2 aromatic rings. The van der Waals surface area contributed by atoms with Crippen LogP contribution in [-0.4, -0.2) is 52.9 Å². The van der Waals surface area contributed by atoms with Crippen LogP contribution in [0.5, 0.6) is 11.6 Å². The Morgan fingerprint density at radius 1 is 1.32 bits per heavy atom. The van der Waals surface area contributed by atoms with Gasteiger partial charge in [-0.3, -0.25) is 9.78 Å². The van der Waals surface area contributed by atoms with Gasteiger partial charge in [0.2, 0.25) is 11.8 Å². The predicted molar refractivity (Wildman–Crippen MR) is 90.7 cm³/mol. The number of likely N-dealkylation sites (tertiary alicyclic amines) is 1. The lowest BCUT2D eigenvalue weighted by atomic mass is 10.1. The molecule has 2 heterocycles. The summed E-state index contributed by atoms with van der Waals surface area (Å²) in [5.41, 5.74) is 0.712. The summed E-state index contributed by atoms with van der Waals surface area (Å²) in [4.78, 5) is 24.8. The molecule has 0 spiro atoms. The van der Waals surface area contributed by atoms with Crippen molar-refractivity contribution in [3.05, 3.63) is 48.2 Å². The number of carbonyl (C=O) groups excluding carboxylic acids is 1. The summed E-state index contributed by atoms with van der Waals surface area (Å²) >= 11 is 0. The van der Waals surface area contributed by atoms with E-state index >= 15 is 0 Å². The van der Waals surface area contributed by atoms with Crippen molar-refractivity contribution in [2.24, 2.45) is 0 Å². The van der Waals surface area contributed by atoms with E-state index in [1.54, 1.807) is 6.20 Å². The van der Waals surface area contributed by atoms with Crippen molar-refractivity contribution in [3.8, 4) is 11.6 Å². The Kier molecular flexibility index (Phi) is 5.23. The summed E-state index contributed by atoms with van der Waals surface area (Å²) in [6.45, 7) is 1.10. The quantitative estimate of drug-likeness (QED) is 0.834. The summed E-state index contributed by atoms with van der Waals surface area (Å²) in [7, 11) is 3.75. The molecule has 1 aliphatic rings. The molecule has 1 aliphatic heterocycles. The van der Waals surface area contributed by atoms with Gasteiger partial charge in [-0.2, -0.15) is 0 Å². The fourth-order valence-corrected chi connectivity index (χ4v) is 2.93. The molecule has 1 aromatic heterocycles. The molecule has 1 amide bonds. The van der Waals surface area contributed by atoms with Crippen molar-refractivity contribution in [3.63, 3.8) is 0 Å². The third-order valence-electron chi connectivity index (χ3n) is 4.03. The lowest BCUT2D eigenvalue weighted by Gasteiger charge is -2.25. The fraction of sp³-hybridized carbons (Fsp3) is 0.389. The summed E-state index contributed by atoms with van der Waals surface area (Å²) in [5.74, 6) is 0.572. The number of hydrogen-bond donors (Lipinski definition) is 0. The van der Waals surface area contributed by atoms with Crippen molar-refractivity contribution in [1.29, 1.82) is 0 Å². The van der Waals surface area contributed by atoms with Crippen LogP contribution in [0.1, 0.15) is 24.6 Å². The highest BCUT2D eigenvalue weighted by Crippen LogP contribution is 2.31. The normalized spacial score (nSPS) is 17.1. The van der Waals surface area contributed by atoms with Gasteiger partial charge in [-0.25, -0.2) is 9.37 Å². The molecular weight excluding hydrogens is 323 g/mol. The molecule has 1 unspecified atom stereocenters. The Balaban J connectivity index is 1.76. The number of hydrogen-bond acceptors (Lipinski definition) is 5. The van der Waals surface area contributed by atoms with E-state index in [1.165, 1.54) is 30.5 Å². The Morgan fingerprint density at radius 2 is 2.08 bits per heavy atom. The molecule has 6 nitrogen and oxygen atoms in total. The molecule has 1 atom stereocenters. The van der Waals surface area contributed by atoms with Crippen molar-refractivity contribution in [1.82, 2.24) is 19.8 Å². The second-order valence-electron chi connectivity index (χ2n) is 6.32. The predicted octanol–water partition coefficient (Wildman–Crippen LogP) is 2.63. The van der Waals surface area contributed by atoms with E-state index in [0.717, 1.165) is 19.4 Å². The molecular formula is C18H21FN4O2. The van der Waals surface area contributed by atoms with Gasteiger partial charge in [0.05, 0.1) is 30.7 Å². The van der Waals surface area contributed by atoms with Gasteiger partial charge in [0, 0.05) is 6.54 Å². The fourth-order valence-electron chi connectivity index (χ4n) is 2.93. The summed E-state index contributed by atoms with van der Waals surface area (Å²) in [6.07, 6.45) is 4.97. The Morgan fingerprint density at radius 3 is 2.80 bits per heavy atom. The zero-order valence-corrected chi connectivity index (χ0v) is 14.4. The first-order valence-electron chi connectivity index (χ1n) is 8.22. The maximum absolute atomic E-state index is 13.0. The minimum Gasteiger partial charge on any atom is -0.437 e. The van der Waals surface area contributed by atoms with Crippen LogP contribution < -0.4 is 4.74 Å². The van der Waals surface area contributed by atoms with Gasteiger partial charge in [0.25, 0.3) is 0 Å². The van der Waals surface area contributed by atoms with Crippen LogP contribution in [0.25, 0.3) is 0 Å². The van der Waals surface area contributed by atoms with Gasteiger partial charge in [0.15, 0.2) is 0 Å². The largest absolute Gasteiger partial charge is 0.437 e. The molecule has 0 aliphatic carbocycles. The SMILES string of the molecule is CN(C)CC(=O)N1CCCC1c1cncc(Oc2ccc(F)cc2)n1. The van der Waals surface area contributed by atoms with Crippen LogP contribution in [0.4, 0.5) is 4.39 Å². The van der Waals surface area contributed by atoms with Gasteiger partial charge in [-0.1, -0.05) is 0 Å². The van der Waals surface area contributed by atoms with Crippen molar-refractivity contribution in [2.45, 2.75) is 18.9 Å². The van der Waals surface area contributed by atoms with E-state index < -0.39 is 0 Å². The number of benzene rings is 1. The molecule has 1 aromatic carbocycles. The van der Waals surface area contributed by atoms with Gasteiger partial charge in [0.1, 0.15) is 11.6 Å². The number of aromatic nitrogens is 2. The monoisotopic (exact) mass is 344 g/mol. The lowest BCUT2D eigenvalue weighted by molar-refractivity contribution is -0.132. The van der Waals surface area contributed by atoms with E-state index in [0.29, 0.717) is 23.9 Å².